The van der Waals surface area contributed by atoms with Crippen LogP contribution < -0.4 is 4.74 Å². The van der Waals surface area contributed by atoms with Gasteiger partial charge in [0.05, 0.1) is 12.2 Å². The fourth-order valence-corrected chi connectivity index (χ4v) is 3.05. The van der Waals surface area contributed by atoms with E-state index >= 15 is 0 Å². The molecule has 4 heteroatoms. The molecule has 0 bridgehead atoms. The first-order valence-electron chi connectivity index (χ1n) is 7.73. The molecular weight excluding hydrogens is 266 g/mol. The highest BCUT2D eigenvalue weighted by Gasteiger charge is 2.32. The summed E-state index contributed by atoms with van der Waals surface area (Å²) in [5, 5.41) is 10.5. The van der Waals surface area contributed by atoms with E-state index in [1.807, 2.05) is 18.2 Å². The molecule has 0 aliphatic heterocycles. The molecule has 1 fully saturated rings. The minimum absolute atomic E-state index is 0.499. The van der Waals surface area contributed by atoms with E-state index in [9.17, 15) is 5.11 Å². The van der Waals surface area contributed by atoms with Gasteiger partial charge in [0.2, 0.25) is 0 Å². The van der Waals surface area contributed by atoms with Crippen LogP contribution in [-0.2, 0) is 11.3 Å². The Morgan fingerprint density at radius 2 is 1.90 bits per heavy atom. The zero-order chi connectivity index (χ0) is 15.1. The van der Waals surface area contributed by atoms with Crippen LogP contribution in [0, 0.1) is 0 Å². The Bertz CT molecular complexity index is 430. The van der Waals surface area contributed by atoms with Crippen LogP contribution in [0.5, 0.6) is 5.75 Å². The van der Waals surface area contributed by atoms with Crippen molar-refractivity contribution in [3.05, 3.63) is 29.8 Å². The first-order chi connectivity index (χ1) is 10.1. The van der Waals surface area contributed by atoms with E-state index in [0.29, 0.717) is 13.2 Å². The van der Waals surface area contributed by atoms with Crippen LogP contribution in [0.4, 0.5) is 0 Å². The maximum Gasteiger partial charge on any atom is 0.123 e. The van der Waals surface area contributed by atoms with Gasteiger partial charge in [-0.25, -0.2) is 0 Å². The molecule has 0 aromatic heterocycles. The molecule has 1 aliphatic carbocycles. The van der Waals surface area contributed by atoms with E-state index in [2.05, 4.69) is 18.0 Å². The van der Waals surface area contributed by atoms with Crippen molar-refractivity contribution in [3.63, 3.8) is 0 Å². The number of likely N-dealkylation sites (N-methyl/N-ethyl adjacent to an activating group) is 1. The van der Waals surface area contributed by atoms with Crippen LogP contribution in [0.2, 0.25) is 0 Å². The summed E-state index contributed by atoms with van der Waals surface area (Å²) in [6, 6.07) is 8.08. The monoisotopic (exact) mass is 293 g/mol. The Morgan fingerprint density at radius 1 is 1.19 bits per heavy atom. The highest BCUT2D eigenvalue weighted by atomic mass is 16.5. The first-order valence-corrected chi connectivity index (χ1v) is 7.73. The lowest BCUT2D eigenvalue weighted by Crippen LogP contribution is -2.38. The molecule has 0 heterocycles. The topological polar surface area (TPSA) is 41.9 Å². The standard InChI is InChI=1S/C17H27NO3/c1-18(14-17(19)9-5-6-10-17)13-15-7-3-4-8-16(15)21-12-11-20-2/h3-4,7-8,19H,5-6,9-14H2,1-2H3. The number of nitrogens with zero attached hydrogens (tertiary/aromatic N) is 1. The second-order valence-corrected chi connectivity index (χ2v) is 6.05. The largest absolute Gasteiger partial charge is 0.491 e. The molecule has 0 atom stereocenters. The second-order valence-electron chi connectivity index (χ2n) is 6.05. The zero-order valence-corrected chi connectivity index (χ0v) is 13.2. The molecule has 1 aliphatic rings. The van der Waals surface area contributed by atoms with Crippen molar-refractivity contribution < 1.29 is 14.6 Å². The fraction of sp³-hybridized carbons (Fsp3) is 0.647. The molecule has 2 rings (SSSR count). The number of rotatable bonds is 8. The third-order valence-corrected chi connectivity index (χ3v) is 4.06. The normalized spacial score (nSPS) is 17.3. The second kappa shape index (κ2) is 7.78. The lowest BCUT2D eigenvalue weighted by Gasteiger charge is -2.29. The molecule has 0 radical (unpaired) electrons. The number of methoxy groups -OCH3 is 1. The number of hydrogen-bond acceptors (Lipinski definition) is 4. The molecule has 118 valence electrons. The number of benzene rings is 1. The van der Waals surface area contributed by atoms with Crippen molar-refractivity contribution in [2.75, 3.05) is 33.9 Å². The van der Waals surface area contributed by atoms with E-state index in [1.54, 1.807) is 7.11 Å². The smallest absolute Gasteiger partial charge is 0.123 e. The first kappa shape index (κ1) is 16.3. The molecule has 21 heavy (non-hydrogen) atoms. The number of ether oxygens (including phenoxy) is 2. The third kappa shape index (κ3) is 4.99. The molecule has 1 aromatic carbocycles. The maximum atomic E-state index is 10.5. The Balaban J connectivity index is 1.91. The molecule has 4 nitrogen and oxygen atoms in total. The third-order valence-electron chi connectivity index (χ3n) is 4.06. The van der Waals surface area contributed by atoms with Gasteiger partial charge in [0.25, 0.3) is 0 Å². The summed E-state index contributed by atoms with van der Waals surface area (Å²) in [7, 11) is 3.73. The van der Waals surface area contributed by atoms with Crippen LogP contribution in [0.25, 0.3) is 0 Å². The highest BCUT2D eigenvalue weighted by Crippen LogP contribution is 2.30. The molecule has 0 amide bonds. The van der Waals surface area contributed by atoms with E-state index in [-0.39, 0.29) is 0 Å². The Labute approximate surface area is 127 Å². The predicted octanol–water partition coefficient (Wildman–Crippen LogP) is 2.45. The van der Waals surface area contributed by atoms with Gasteiger partial charge < -0.3 is 14.6 Å². The number of hydrogen-bond donors (Lipinski definition) is 1. The molecule has 1 N–H and O–H groups in total. The Hall–Kier alpha value is -1.10. The van der Waals surface area contributed by atoms with Gasteiger partial charge in [-0.3, -0.25) is 4.90 Å². The summed E-state index contributed by atoms with van der Waals surface area (Å²) in [6.45, 7) is 2.65. The minimum Gasteiger partial charge on any atom is -0.491 e. The van der Waals surface area contributed by atoms with Crippen LogP contribution in [0.1, 0.15) is 31.2 Å². The summed E-state index contributed by atoms with van der Waals surface area (Å²) in [5.41, 5.74) is 0.651. The van der Waals surface area contributed by atoms with Gasteiger partial charge in [0, 0.05) is 25.8 Å². The fourth-order valence-electron chi connectivity index (χ4n) is 3.05. The maximum absolute atomic E-state index is 10.5. The highest BCUT2D eigenvalue weighted by molar-refractivity contribution is 5.33. The molecule has 0 unspecified atom stereocenters. The van der Waals surface area contributed by atoms with Crippen LogP contribution >= 0.6 is 0 Å². The van der Waals surface area contributed by atoms with E-state index in [0.717, 1.165) is 50.1 Å². The van der Waals surface area contributed by atoms with Gasteiger partial charge in [0.15, 0.2) is 0 Å². The van der Waals surface area contributed by atoms with Crippen molar-refractivity contribution in [2.45, 2.75) is 37.8 Å². The molecular formula is C17H27NO3. The van der Waals surface area contributed by atoms with E-state index in [1.165, 1.54) is 0 Å². The molecule has 1 aromatic rings. The van der Waals surface area contributed by atoms with Gasteiger partial charge in [0.1, 0.15) is 12.4 Å². The average molecular weight is 293 g/mol. The average Bonchev–Trinajstić information content (AvgIpc) is 2.87. The lowest BCUT2D eigenvalue weighted by molar-refractivity contribution is 0.0143. The molecule has 0 spiro atoms. The van der Waals surface area contributed by atoms with Crippen molar-refractivity contribution in [3.8, 4) is 5.75 Å². The number of aliphatic hydroxyl groups is 1. The van der Waals surface area contributed by atoms with Gasteiger partial charge >= 0.3 is 0 Å². The quantitative estimate of drug-likeness (QED) is 0.748. The van der Waals surface area contributed by atoms with Crippen molar-refractivity contribution in [1.82, 2.24) is 4.90 Å². The van der Waals surface area contributed by atoms with E-state index in [4.69, 9.17) is 9.47 Å². The molecule has 1 saturated carbocycles. The Kier molecular flexibility index (Phi) is 6.03. The van der Waals surface area contributed by atoms with Crippen LogP contribution in [0.3, 0.4) is 0 Å². The van der Waals surface area contributed by atoms with Gasteiger partial charge in [-0.1, -0.05) is 31.0 Å². The van der Waals surface area contributed by atoms with Crippen molar-refractivity contribution in [1.29, 1.82) is 0 Å². The van der Waals surface area contributed by atoms with E-state index < -0.39 is 5.60 Å². The summed E-state index contributed by atoms with van der Waals surface area (Å²) in [6.07, 6.45) is 4.12. The SMILES string of the molecule is COCCOc1ccccc1CN(C)CC1(O)CCCC1. The summed E-state index contributed by atoms with van der Waals surface area (Å²) < 4.78 is 10.8. The van der Waals surface area contributed by atoms with Crippen LogP contribution in [-0.4, -0.2) is 49.5 Å². The van der Waals surface area contributed by atoms with Gasteiger partial charge in [-0.15, -0.1) is 0 Å². The Morgan fingerprint density at radius 3 is 2.62 bits per heavy atom. The van der Waals surface area contributed by atoms with Crippen molar-refractivity contribution >= 4 is 0 Å². The summed E-state index contributed by atoms with van der Waals surface area (Å²) >= 11 is 0. The lowest BCUT2D eigenvalue weighted by atomic mass is 10.0. The van der Waals surface area contributed by atoms with Crippen LogP contribution in [0.15, 0.2) is 24.3 Å². The summed E-state index contributed by atoms with van der Waals surface area (Å²) in [5.74, 6) is 0.903. The number of para-hydroxylation sites is 1. The van der Waals surface area contributed by atoms with Gasteiger partial charge in [-0.2, -0.15) is 0 Å². The zero-order valence-electron chi connectivity index (χ0n) is 13.2. The van der Waals surface area contributed by atoms with Crippen molar-refractivity contribution in [2.24, 2.45) is 0 Å². The predicted molar refractivity (Wildman–Crippen MR) is 83.6 cm³/mol. The van der Waals surface area contributed by atoms with Gasteiger partial charge in [-0.05, 0) is 26.0 Å². The summed E-state index contributed by atoms with van der Waals surface area (Å²) in [4.78, 5) is 2.18. The molecule has 0 saturated heterocycles. The minimum atomic E-state index is -0.499.